The van der Waals surface area contributed by atoms with Crippen LogP contribution in [0.1, 0.15) is 51.9 Å². The highest BCUT2D eigenvalue weighted by atomic mass is 16.2. The maximum absolute atomic E-state index is 12.2. The van der Waals surface area contributed by atoms with Crippen LogP contribution in [-0.4, -0.2) is 30.4 Å². The summed E-state index contributed by atoms with van der Waals surface area (Å²) in [5, 5.41) is 0. The van der Waals surface area contributed by atoms with Crippen molar-refractivity contribution in [2.75, 3.05) is 19.6 Å². The molecule has 0 aromatic heterocycles. The van der Waals surface area contributed by atoms with E-state index < -0.39 is 0 Å². The molecule has 2 fully saturated rings. The summed E-state index contributed by atoms with van der Waals surface area (Å²) < 4.78 is 0. The second-order valence-electron chi connectivity index (χ2n) is 6.31. The van der Waals surface area contributed by atoms with E-state index in [0.29, 0.717) is 24.8 Å². The molecule has 0 radical (unpaired) electrons. The molecule has 1 aliphatic carbocycles. The van der Waals surface area contributed by atoms with Crippen LogP contribution in [0.25, 0.3) is 0 Å². The Balaban J connectivity index is 1.77. The predicted molar refractivity (Wildman–Crippen MR) is 74.1 cm³/mol. The summed E-state index contributed by atoms with van der Waals surface area (Å²) in [6.45, 7) is 4.84. The van der Waals surface area contributed by atoms with Crippen molar-refractivity contribution in [3.63, 3.8) is 0 Å². The van der Waals surface area contributed by atoms with Gasteiger partial charge in [0.1, 0.15) is 0 Å². The van der Waals surface area contributed by atoms with Gasteiger partial charge in [-0.05, 0) is 43.6 Å². The van der Waals surface area contributed by atoms with E-state index in [1.54, 1.807) is 0 Å². The maximum atomic E-state index is 12.2. The van der Waals surface area contributed by atoms with E-state index in [2.05, 4.69) is 11.8 Å². The highest BCUT2D eigenvalue weighted by Crippen LogP contribution is 2.36. The molecule has 0 aromatic rings. The van der Waals surface area contributed by atoms with Crippen molar-refractivity contribution in [2.24, 2.45) is 23.5 Å². The highest BCUT2D eigenvalue weighted by molar-refractivity contribution is 5.76. The molecule has 0 bridgehead atoms. The topological polar surface area (TPSA) is 46.3 Å². The lowest BCUT2D eigenvalue weighted by Gasteiger charge is -2.41. The third-order valence-corrected chi connectivity index (χ3v) is 4.90. The summed E-state index contributed by atoms with van der Waals surface area (Å²) in [5.41, 5.74) is 5.60. The first kappa shape index (κ1) is 13.9. The molecule has 1 aliphatic heterocycles. The normalized spacial score (nSPS) is 29.8. The van der Waals surface area contributed by atoms with Crippen molar-refractivity contribution in [2.45, 2.75) is 51.9 Å². The molecule has 3 nitrogen and oxygen atoms in total. The molecular formula is C15H28N2O. The molecule has 3 unspecified atom stereocenters. The van der Waals surface area contributed by atoms with Crippen molar-refractivity contribution in [1.29, 1.82) is 0 Å². The van der Waals surface area contributed by atoms with Crippen LogP contribution in [0.5, 0.6) is 0 Å². The van der Waals surface area contributed by atoms with Gasteiger partial charge in [-0.3, -0.25) is 4.79 Å². The fourth-order valence-electron chi connectivity index (χ4n) is 3.47. The van der Waals surface area contributed by atoms with E-state index in [1.807, 2.05) is 0 Å². The highest BCUT2D eigenvalue weighted by Gasteiger charge is 2.32. The molecule has 2 rings (SSSR count). The van der Waals surface area contributed by atoms with Crippen LogP contribution in [0.2, 0.25) is 0 Å². The van der Waals surface area contributed by atoms with E-state index in [1.165, 1.54) is 32.1 Å². The van der Waals surface area contributed by atoms with E-state index in [0.717, 1.165) is 31.3 Å². The van der Waals surface area contributed by atoms with Gasteiger partial charge in [0.15, 0.2) is 0 Å². The Morgan fingerprint density at radius 3 is 2.72 bits per heavy atom. The number of hydrogen-bond donors (Lipinski definition) is 1. The molecule has 18 heavy (non-hydrogen) atoms. The van der Waals surface area contributed by atoms with E-state index in [9.17, 15) is 4.79 Å². The summed E-state index contributed by atoms with van der Waals surface area (Å²) in [5.74, 6) is 2.54. The van der Waals surface area contributed by atoms with Crippen LogP contribution in [0.3, 0.4) is 0 Å². The van der Waals surface area contributed by atoms with Crippen molar-refractivity contribution in [3.8, 4) is 0 Å². The number of nitrogens with two attached hydrogens (primary N) is 1. The SMILES string of the molecule is CC(CN)CCC(=O)N1CCC2CCCCC2C1. The number of rotatable bonds is 4. The molecular weight excluding hydrogens is 224 g/mol. The Bertz CT molecular complexity index is 280. The summed E-state index contributed by atoms with van der Waals surface area (Å²) in [4.78, 5) is 14.3. The van der Waals surface area contributed by atoms with Gasteiger partial charge in [-0.2, -0.15) is 0 Å². The van der Waals surface area contributed by atoms with Gasteiger partial charge in [-0.15, -0.1) is 0 Å². The summed E-state index contributed by atoms with van der Waals surface area (Å²) in [6.07, 6.45) is 8.39. The fourth-order valence-corrected chi connectivity index (χ4v) is 3.47. The second kappa shape index (κ2) is 6.55. The number of amides is 1. The molecule has 1 saturated heterocycles. The Hall–Kier alpha value is -0.570. The van der Waals surface area contributed by atoms with Crippen molar-refractivity contribution < 1.29 is 4.79 Å². The fraction of sp³-hybridized carbons (Fsp3) is 0.933. The van der Waals surface area contributed by atoms with Gasteiger partial charge >= 0.3 is 0 Å². The molecule has 2 aliphatic rings. The Kier molecular flexibility index (Phi) is 5.04. The van der Waals surface area contributed by atoms with Gasteiger partial charge in [0.2, 0.25) is 5.91 Å². The van der Waals surface area contributed by atoms with E-state index in [4.69, 9.17) is 5.73 Å². The number of nitrogens with zero attached hydrogens (tertiary/aromatic N) is 1. The first-order chi connectivity index (χ1) is 8.70. The largest absolute Gasteiger partial charge is 0.342 e. The van der Waals surface area contributed by atoms with Crippen LogP contribution in [0, 0.1) is 17.8 Å². The maximum Gasteiger partial charge on any atom is 0.222 e. The first-order valence-electron chi connectivity index (χ1n) is 7.68. The minimum Gasteiger partial charge on any atom is -0.342 e. The molecule has 2 N–H and O–H groups in total. The van der Waals surface area contributed by atoms with Crippen LogP contribution in [-0.2, 0) is 4.79 Å². The molecule has 0 spiro atoms. The Morgan fingerprint density at radius 2 is 2.00 bits per heavy atom. The minimum atomic E-state index is 0.360. The lowest BCUT2D eigenvalue weighted by atomic mass is 9.75. The molecule has 0 aromatic carbocycles. The third-order valence-electron chi connectivity index (χ3n) is 4.90. The molecule has 3 heteroatoms. The van der Waals surface area contributed by atoms with Crippen molar-refractivity contribution >= 4 is 5.91 Å². The Labute approximate surface area is 111 Å². The zero-order valence-electron chi connectivity index (χ0n) is 11.7. The van der Waals surface area contributed by atoms with Gasteiger partial charge in [-0.25, -0.2) is 0 Å². The zero-order chi connectivity index (χ0) is 13.0. The number of piperidine rings is 1. The summed E-state index contributed by atoms with van der Waals surface area (Å²) in [7, 11) is 0. The second-order valence-corrected chi connectivity index (χ2v) is 6.31. The zero-order valence-corrected chi connectivity index (χ0v) is 11.7. The smallest absolute Gasteiger partial charge is 0.222 e. The van der Waals surface area contributed by atoms with E-state index >= 15 is 0 Å². The van der Waals surface area contributed by atoms with Crippen molar-refractivity contribution in [1.82, 2.24) is 4.90 Å². The molecule has 1 amide bonds. The quantitative estimate of drug-likeness (QED) is 0.835. The molecule has 1 heterocycles. The number of fused-ring (bicyclic) bond motifs is 1. The average molecular weight is 252 g/mol. The van der Waals surface area contributed by atoms with Gasteiger partial charge < -0.3 is 10.6 Å². The number of hydrogen-bond acceptors (Lipinski definition) is 2. The number of likely N-dealkylation sites (tertiary alicyclic amines) is 1. The lowest BCUT2D eigenvalue weighted by molar-refractivity contribution is -0.134. The third kappa shape index (κ3) is 3.47. The summed E-state index contributed by atoms with van der Waals surface area (Å²) in [6, 6.07) is 0. The lowest BCUT2D eigenvalue weighted by Crippen LogP contribution is -2.44. The molecule has 1 saturated carbocycles. The van der Waals surface area contributed by atoms with Crippen LogP contribution >= 0.6 is 0 Å². The van der Waals surface area contributed by atoms with Gasteiger partial charge in [-0.1, -0.05) is 26.2 Å². The van der Waals surface area contributed by atoms with Crippen LogP contribution in [0.15, 0.2) is 0 Å². The van der Waals surface area contributed by atoms with E-state index in [-0.39, 0.29) is 0 Å². The van der Waals surface area contributed by atoms with Crippen LogP contribution in [0.4, 0.5) is 0 Å². The monoisotopic (exact) mass is 252 g/mol. The van der Waals surface area contributed by atoms with Crippen molar-refractivity contribution in [3.05, 3.63) is 0 Å². The first-order valence-corrected chi connectivity index (χ1v) is 7.68. The molecule has 3 atom stereocenters. The average Bonchev–Trinajstić information content (AvgIpc) is 2.43. The standard InChI is InChI=1S/C15H28N2O/c1-12(10-16)6-7-15(18)17-9-8-13-4-2-3-5-14(13)11-17/h12-14H,2-11,16H2,1H3. The molecule has 104 valence electrons. The van der Waals surface area contributed by atoms with Gasteiger partial charge in [0.05, 0.1) is 0 Å². The van der Waals surface area contributed by atoms with Gasteiger partial charge in [0, 0.05) is 19.5 Å². The minimum absolute atomic E-state index is 0.360. The Morgan fingerprint density at radius 1 is 1.28 bits per heavy atom. The van der Waals surface area contributed by atoms with Gasteiger partial charge in [0.25, 0.3) is 0 Å². The number of carbonyl (C=O) groups excluding carboxylic acids is 1. The number of carbonyl (C=O) groups is 1. The predicted octanol–water partition coefficient (Wildman–Crippen LogP) is 2.40. The summed E-state index contributed by atoms with van der Waals surface area (Å²) >= 11 is 0. The van der Waals surface area contributed by atoms with Crippen LogP contribution < -0.4 is 5.73 Å².